The molecule has 0 atom stereocenters. The molecular weight excluding hydrogens is 296 g/mol. The Morgan fingerprint density at radius 2 is 0.875 bits per heavy atom. The third-order valence-corrected chi connectivity index (χ3v) is 4.42. The summed E-state index contributed by atoms with van der Waals surface area (Å²) in [5, 5.41) is 3.86. The van der Waals surface area contributed by atoms with E-state index in [2.05, 4.69) is 0 Å². The molecule has 4 aromatic rings. The minimum atomic E-state index is 0.656. The zero-order valence-corrected chi connectivity index (χ0v) is 12.9. The molecule has 0 aliphatic rings. The van der Waals surface area contributed by atoms with Crippen LogP contribution in [-0.2, 0) is 0 Å². The van der Waals surface area contributed by atoms with Crippen LogP contribution >= 0.6 is 0 Å². The Labute approximate surface area is 139 Å². The Hall–Kier alpha value is -3.26. The molecular formula is C22H14O2. The van der Waals surface area contributed by atoms with E-state index in [4.69, 9.17) is 0 Å². The molecule has 0 bridgehead atoms. The minimum Gasteiger partial charge on any atom is -0.298 e. The lowest BCUT2D eigenvalue weighted by Crippen LogP contribution is -1.91. The maximum absolute atomic E-state index is 11.5. The summed E-state index contributed by atoms with van der Waals surface area (Å²) >= 11 is 0. The van der Waals surface area contributed by atoms with Gasteiger partial charge in [-0.1, -0.05) is 72.8 Å². The van der Waals surface area contributed by atoms with E-state index in [1.165, 1.54) is 0 Å². The number of aldehydes is 2. The van der Waals surface area contributed by atoms with E-state index in [0.29, 0.717) is 11.1 Å². The first-order chi connectivity index (χ1) is 11.8. The van der Waals surface area contributed by atoms with Crippen molar-refractivity contribution in [2.24, 2.45) is 0 Å². The van der Waals surface area contributed by atoms with E-state index in [1.54, 1.807) is 0 Å². The van der Waals surface area contributed by atoms with Gasteiger partial charge in [0.15, 0.2) is 12.6 Å². The molecule has 0 radical (unpaired) electrons. The van der Waals surface area contributed by atoms with Crippen LogP contribution in [0.4, 0.5) is 0 Å². The van der Waals surface area contributed by atoms with E-state index >= 15 is 0 Å². The number of hydrogen-bond acceptors (Lipinski definition) is 2. The number of hydrogen-bond donors (Lipinski definition) is 0. The van der Waals surface area contributed by atoms with Crippen molar-refractivity contribution in [1.29, 1.82) is 0 Å². The van der Waals surface area contributed by atoms with E-state index in [0.717, 1.165) is 45.2 Å². The highest BCUT2D eigenvalue weighted by molar-refractivity contribution is 6.13. The lowest BCUT2D eigenvalue weighted by molar-refractivity contribution is 0.111. The van der Waals surface area contributed by atoms with Gasteiger partial charge in [-0.25, -0.2) is 0 Å². The van der Waals surface area contributed by atoms with Crippen molar-refractivity contribution < 1.29 is 9.59 Å². The predicted molar refractivity (Wildman–Crippen MR) is 97.7 cm³/mol. The fourth-order valence-corrected chi connectivity index (χ4v) is 3.39. The molecule has 2 heteroatoms. The summed E-state index contributed by atoms with van der Waals surface area (Å²) in [5.41, 5.74) is 3.25. The Morgan fingerprint density at radius 3 is 1.25 bits per heavy atom. The molecule has 4 aromatic carbocycles. The number of fused-ring (bicyclic) bond motifs is 2. The third-order valence-electron chi connectivity index (χ3n) is 4.42. The molecule has 4 rings (SSSR count). The summed E-state index contributed by atoms with van der Waals surface area (Å²) in [5.74, 6) is 0. The average Bonchev–Trinajstić information content (AvgIpc) is 2.66. The van der Waals surface area contributed by atoms with E-state index < -0.39 is 0 Å². The van der Waals surface area contributed by atoms with Gasteiger partial charge in [-0.05, 0) is 21.9 Å². The third kappa shape index (κ3) is 2.12. The van der Waals surface area contributed by atoms with Gasteiger partial charge in [-0.15, -0.1) is 0 Å². The standard InChI is InChI=1S/C22H14O2/c23-13-17-9-1-5-15-7-3-11-19(21(15)17)20-12-4-8-16-6-2-10-18(14-24)22(16)20/h1-14H. The van der Waals surface area contributed by atoms with Crippen molar-refractivity contribution >= 4 is 34.1 Å². The van der Waals surface area contributed by atoms with Crippen LogP contribution in [0.25, 0.3) is 32.7 Å². The molecule has 0 fully saturated rings. The lowest BCUT2D eigenvalue weighted by Gasteiger charge is -2.13. The van der Waals surface area contributed by atoms with Crippen LogP contribution in [0, 0.1) is 0 Å². The SMILES string of the molecule is O=Cc1cccc2cccc(-c3cccc4cccc(C=O)c34)c12. The molecule has 0 spiro atoms. The Balaban J connectivity index is 2.19. The summed E-state index contributed by atoms with van der Waals surface area (Å²) in [7, 11) is 0. The molecule has 0 saturated carbocycles. The molecule has 114 valence electrons. The summed E-state index contributed by atoms with van der Waals surface area (Å²) in [6.07, 6.45) is 1.77. The Bertz CT molecular complexity index is 994. The number of benzene rings is 4. The average molecular weight is 310 g/mol. The van der Waals surface area contributed by atoms with Crippen molar-refractivity contribution in [3.8, 4) is 11.1 Å². The second-order valence-corrected chi connectivity index (χ2v) is 5.74. The molecule has 0 saturated heterocycles. The molecule has 2 nitrogen and oxygen atoms in total. The Kier molecular flexibility index (Phi) is 3.43. The maximum Gasteiger partial charge on any atom is 0.150 e. The van der Waals surface area contributed by atoms with Crippen LogP contribution in [-0.4, -0.2) is 12.6 Å². The van der Waals surface area contributed by atoms with Gasteiger partial charge in [0.2, 0.25) is 0 Å². The van der Waals surface area contributed by atoms with Gasteiger partial charge in [0.1, 0.15) is 0 Å². The number of carbonyl (C=O) groups excluding carboxylic acids is 2. The van der Waals surface area contributed by atoms with Gasteiger partial charge in [-0.3, -0.25) is 9.59 Å². The van der Waals surface area contributed by atoms with Gasteiger partial charge in [0, 0.05) is 21.9 Å². The van der Waals surface area contributed by atoms with Crippen molar-refractivity contribution in [2.45, 2.75) is 0 Å². The minimum absolute atomic E-state index is 0.656. The molecule has 0 aliphatic carbocycles. The first-order valence-electron chi connectivity index (χ1n) is 7.77. The molecule has 0 heterocycles. The molecule has 0 aromatic heterocycles. The summed E-state index contributed by atoms with van der Waals surface area (Å²) in [4.78, 5) is 23.1. The van der Waals surface area contributed by atoms with E-state index in [-0.39, 0.29) is 0 Å². The van der Waals surface area contributed by atoms with Crippen LogP contribution in [0.1, 0.15) is 20.7 Å². The normalized spacial score (nSPS) is 10.8. The fourth-order valence-electron chi connectivity index (χ4n) is 3.39. The molecule has 0 unspecified atom stereocenters. The van der Waals surface area contributed by atoms with Crippen LogP contribution in [0.3, 0.4) is 0 Å². The van der Waals surface area contributed by atoms with E-state index in [9.17, 15) is 9.59 Å². The summed E-state index contributed by atoms with van der Waals surface area (Å²) < 4.78 is 0. The van der Waals surface area contributed by atoms with Gasteiger partial charge in [0.05, 0.1) is 0 Å². The highest BCUT2D eigenvalue weighted by atomic mass is 16.1. The second kappa shape index (κ2) is 5.74. The van der Waals surface area contributed by atoms with Gasteiger partial charge in [-0.2, -0.15) is 0 Å². The zero-order valence-electron chi connectivity index (χ0n) is 12.9. The highest BCUT2D eigenvalue weighted by Crippen LogP contribution is 2.36. The van der Waals surface area contributed by atoms with Crippen molar-refractivity contribution in [3.05, 3.63) is 83.9 Å². The highest BCUT2D eigenvalue weighted by Gasteiger charge is 2.12. The predicted octanol–water partition coefficient (Wildman–Crippen LogP) is 5.29. The molecule has 0 N–H and O–H groups in total. The lowest BCUT2D eigenvalue weighted by atomic mass is 9.90. The maximum atomic E-state index is 11.5. The van der Waals surface area contributed by atoms with Crippen LogP contribution in [0.2, 0.25) is 0 Å². The quantitative estimate of drug-likeness (QED) is 0.482. The van der Waals surface area contributed by atoms with Crippen molar-refractivity contribution in [1.82, 2.24) is 0 Å². The zero-order chi connectivity index (χ0) is 16.5. The van der Waals surface area contributed by atoms with Crippen molar-refractivity contribution in [2.75, 3.05) is 0 Å². The van der Waals surface area contributed by atoms with E-state index in [1.807, 2.05) is 72.8 Å². The monoisotopic (exact) mass is 310 g/mol. The van der Waals surface area contributed by atoms with Crippen LogP contribution in [0.15, 0.2) is 72.8 Å². The fraction of sp³-hybridized carbons (Fsp3) is 0. The summed E-state index contributed by atoms with van der Waals surface area (Å²) in [6, 6.07) is 23.4. The number of carbonyl (C=O) groups is 2. The second-order valence-electron chi connectivity index (χ2n) is 5.74. The molecule has 0 amide bonds. The first-order valence-corrected chi connectivity index (χ1v) is 7.77. The largest absolute Gasteiger partial charge is 0.298 e. The first kappa shape index (κ1) is 14.3. The smallest absolute Gasteiger partial charge is 0.150 e. The topological polar surface area (TPSA) is 34.1 Å². The van der Waals surface area contributed by atoms with Crippen LogP contribution < -0.4 is 0 Å². The molecule has 0 aliphatic heterocycles. The summed E-state index contributed by atoms with van der Waals surface area (Å²) in [6.45, 7) is 0. The van der Waals surface area contributed by atoms with Crippen molar-refractivity contribution in [3.63, 3.8) is 0 Å². The van der Waals surface area contributed by atoms with Gasteiger partial charge < -0.3 is 0 Å². The number of rotatable bonds is 3. The van der Waals surface area contributed by atoms with Gasteiger partial charge in [0.25, 0.3) is 0 Å². The Morgan fingerprint density at radius 1 is 0.500 bits per heavy atom. The molecule has 24 heavy (non-hydrogen) atoms. The van der Waals surface area contributed by atoms with Gasteiger partial charge >= 0.3 is 0 Å². The van der Waals surface area contributed by atoms with Crippen LogP contribution in [0.5, 0.6) is 0 Å².